The molecule has 3 nitrogen and oxygen atoms in total. The fourth-order valence-corrected chi connectivity index (χ4v) is 2.63. The van der Waals surface area contributed by atoms with E-state index in [0.29, 0.717) is 18.0 Å². The van der Waals surface area contributed by atoms with Crippen LogP contribution in [0.2, 0.25) is 0 Å². The van der Waals surface area contributed by atoms with E-state index in [4.69, 9.17) is 0 Å². The number of halogens is 1. The van der Waals surface area contributed by atoms with Crippen molar-refractivity contribution in [3.05, 3.63) is 29.6 Å². The van der Waals surface area contributed by atoms with Crippen molar-refractivity contribution in [2.24, 2.45) is 0 Å². The Balaban J connectivity index is 2.07. The lowest BCUT2D eigenvalue weighted by Gasteiger charge is -2.42. The minimum Gasteiger partial charge on any atom is -0.336 e. The third-order valence-electron chi connectivity index (χ3n) is 3.70. The van der Waals surface area contributed by atoms with Crippen molar-refractivity contribution in [2.45, 2.75) is 31.2 Å². The Kier molecular flexibility index (Phi) is 4.39. The maximum Gasteiger partial charge on any atom is 0.256 e. The van der Waals surface area contributed by atoms with Gasteiger partial charge in [-0.05, 0) is 39.0 Å². The van der Waals surface area contributed by atoms with Gasteiger partial charge in [-0.1, -0.05) is 0 Å². The summed E-state index contributed by atoms with van der Waals surface area (Å²) in [5, 5.41) is 0. The molecule has 1 heterocycles. The van der Waals surface area contributed by atoms with Crippen molar-refractivity contribution in [1.29, 1.82) is 0 Å². The second kappa shape index (κ2) is 5.74. The van der Waals surface area contributed by atoms with E-state index >= 15 is 0 Å². The molecule has 1 amide bonds. The van der Waals surface area contributed by atoms with E-state index in [9.17, 15) is 9.18 Å². The predicted molar refractivity (Wildman–Crippen MR) is 80.9 cm³/mol. The molecule has 0 unspecified atom stereocenters. The van der Waals surface area contributed by atoms with Crippen LogP contribution in [0.4, 0.5) is 4.39 Å². The van der Waals surface area contributed by atoms with Gasteiger partial charge in [-0.25, -0.2) is 4.39 Å². The minimum atomic E-state index is -0.481. The van der Waals surface area contributed by atoms with Gasteiger partial charge < -0.3 is 4.90 Å². The Morgan fingerprint density at radius 3 is 2.35 bits per heavy atom. The zero-order valence-corrected chi connectivity index (χ0v) is 13.1. The largest absolute Gasteiger partial charge is 0.336 e. The van der Waals surface area contributed by atoms with Crippen molar-refractivity contribution >= 4 is 18.5 Å². The first-order chi connectivity index (χ1) is 9.29. The van der Waals surface area contributed by atoms with E-state index in [0.717, 1.165) is 13.1 Å². The highest BCUT2D eigenvalue weighted by Gasteiger charge is 2.29. The summed E-state index contributed by atoms with van der Waals surface area (Å²) in [5.41, 5.74) is 0.215. The number of hydrogen-bond donors (Lipinski definition) is 1. The van der Waals surface area contributed by atoms with Crippen LogP contribution in [-0.4, -0.2) is 47.4 Å². The summed E-state index contributed by atoms with van der Waals surface area (Å²) in [6, 6.07) is 4.34. The number of rotatable bonds is 1. The number of amides is 1. The van der Waals surface area contributed by atoms with Crippen LogP contribution < -0.4 is 0 Å². The normalized spacial score (nSPS) is 17.4. The quantitative estimate of drug-likeness (QED) is 0.806. The third kappa shape index (κ3) is 3.33. The molecule has 0 radical (unpaired) electrons. The lowest BCUT2D eigenvalue weighted by Crippen LogP contribution is -2.54. The first kappa shape index (κ1) is 15.3. The van der Waals surface area contributed by atoms with Crippen LogP contribution in [0.1, 0.15) is 31.1 Å². The van der Waals surface area contributed by atoms with Crippen LogP contribution in [0.15, 0.2) is 23.1 Å². The van der Waals surface area contributed by atoms with Gasteiger partial charge >= 0.3 is 0 Å². The van der Waals surface area contributed by atoms with Crippen molar-refractivity contribution in [3.8, 4) is 0 Å². The van der Waals surface area contributed by atoms with Crippen molar-refractivity contribution in [1.82, 2.24) is 9.80 Å². The first-order valence-corrected chi connectivity index (χ1v) is 7.26. The molecule has 2 rings (SSSR count). The molecule has 1 saturated heterocycles. The standard InChI is InChI=1S/C15H21FN2OS/c1-15(2,3)18-8-6-17(7-9-18)14(19)12-10-11(20)4-5-13(12)16/h4-5,10,20H,6-9H2,1-3H3. The van der Waals surface area contributed by atoms with E-state index in [1.54, 1.807) is 11.0 Å². The highest BCUT2D eigenvalue weighted by Crippen LogP contribution is 2.19. The van der Waals surface area contributed by atoms with Crippen LogP contribution >= 0.6 is 12.6 Å². The predicted octanol–water partition coefficient (Wildman–Crippen LogP) is 2.67. The molecular formula is C15H21FN2OS. The molecule has 0 bridgehead atoms. The molecule has 0 aliphatic carbocycles. The summed E-state index contributed by atoms with van der Waals surface area (Å²) >= 11 is 4.17. The number of thiol groups is 1. The zero-order chi connectivity index (χ0) is 14.9. The Morgan fingerprint density at radius 2 is 1.80 bits per heavy atom. The van der Waals surface area contributed by atoms with Crippen molar-refractivity contribution < 1.29 is 9.18 Å². The molecule has 1 aliphatic rings. The Morgan fingerprint density at radius 1 is 1.20 bits per heavy atom. The van der Waals surface area contributed by atoms with E-state index in [1.165, 1.54) is 12.1 Å². The average Bonchev–Trinajstić information content (AvgIpc) is 2.40. The Labute approximate surface area is 125 Å². The summed E-state index contributed by atoms with van der Waals surface area (Å²) < 4.78 is 13.7. The van der Waals surface area contributed by atoms with Gasteiger partial charge in [0.2, 0.25) is 0 Å². The molecular weight excluding hydrogens is 275 g/mol. The first-order valence-electron chi connectivity index (χ1n) is 6.82. The number of carbonyl (C=O) groups excluding carboxylic acids is 1. The summed E-state index contributed by atoms with van der Waals surface area (Å²) in [7, 11) is 0. The molecule has 1 fully saturated rings. The second-order valence-corrected chi connectivity index (χ2v) is 6.63. The summed E-state index contributed by atoms with van der Waals surface area (Å²) in [6.45, 7) is 9.38. The highest BCUT2D eigenvalue weighted by molar-refractivity contribution is 7.80. The summed E-state index contributed by atoms with van der Waals surface area (Å²) in [4.78, 5) is 17.0. The number of hydrogen-bond acceptors (Lipinski definition) is 3. The maximum absolute atomic E-state index is 13.7. The molecule has 20 heavy (non-hydrogen) atoms. The van der Waals surface area contributed by atoms with E-state index < -0.39 is 5.82 Å². The second-order valence-electron chi connectivity index (χ2n) is 6.11. The zero-order valence-electron chi connectivity index (χ0n) is 12.2. The van der Waals surface area contributed by atoms with Crippen LogP contribution in [0.5, 0.6) is 0 Å². The molecule has 5 heteroatoms. The van der Waals surface area contributed by atoms with Crippen LogP contribution in [0.25, 0.3) is 0 Å². The summed E-state index contributed by atoms with van der Waals surface area (Å²) in [5.74, 6) is -0.724. The van der Waals surface area contributed by atoms with Gasteiger partial charge in [0.15, 0.2) is 0 Å². The van der Waals surface area contributed by atoms with E-state index in [1.807, 2.05) is 0 Å². The maximum atomic E-state index is 13.7. The fraction of sp³-hybridized carbons (Fsp3) is 0.533. The number of piperazine rings is 1. The molecule has 0 aromatic heterocycles. The van der Waals surface area contributed by atoms with Gasteiger partial charge in [-0.3, -0.25) is 9.69 Å². The van der Waals surface area contributed by atoms with Crippen LogP contribution in [0, 0.1) is 5.82 Å². The lowest BCUT2D eigenvalue weighted by atomic mass is 10.0. The topological polar surface area (TPSA) is 23.6 Å². The molecule has 1 aliphatic heterocycles. The molecule has 1 aromatic rings. The van der Waals surface area contributed by atoms with Crippen molar-refractivity contribution in [3.63, 3.8) is 0 Å². The minimum absolute atomic E-state index is 0.103. The fourth-order valence-electron chi connectivity index (χ4n) is 2.43. The molecule has 0 atom stereocenters. The van der Waals surface area contributed by atoms with Crippen LogP contribution in [0.3, 0.4) is 0 Å². The molecule has 110 valence electrons. The van der Waals surface area contributed by atoms with Crippen molar-refractivity contribution in [2.75, 3.05) is 26.2 Å². The SMILES string of the molecule is CC(C)(C)N1CCN(C(=O)c2cc(S)ccc2F)CC1. The third-order valence-corrected chi connectivity index (χ3v) is 3.97. The molecule has 0 N–H and O–H groups in total. The lowest BCUT2D eigenvalue weighted by molar-refractivity contribution is 0.0447. The van der Waals surface area contributed by atoms with Crippen LogP contribution in [-0.2, 0) is 0 Å². The smallest absolute Gasteiger partial charge is 0.256 e. The van der Waals surface area contributed by atoms with E-state index in [2.05, 4.69) is 38.3 Å². The van der Waals surface area contributed by atoms with Gasteiger partial charge in [-0.2, -0.15) is 0 Å². The highest BCUT2D eigenvalue weighted by atomic mass is 32.1. The molecule has 0 saturated carbocycles. The molecule has 1 aromatic carbocycles. The Bertz CT molecular complexity index is 505. The number of carbonyl (C=O) groups is 1. The Hall–Kier alpha value is -1.07. The average molecular weight is 296 g/mol. The monoisotopic (exact) mass is 296 g/mol. The van der Waals surface area contributed by atoms with Gasteiger partial charge in [-0.15, -0.1) is 12.6 Å². The van der Waals surface area contributed by atoms with Gasteiger partial charge in [0.1, 0.15) is 5.82 Å². The van der Waals surface area contributed by atoms with E-state index in [-0.39, 0.29) is 17.0 Å². The number of benzene rings is 1. The van der Waals surface area contributed by atoms with Gasteiger partial charge in [0, 0.05) is 36.6 Å². The summed E-state index contributed by atoms with van der Waals surface area (Å²) in [6.07, 6.45) is 0. The van der Waals surface area contributed by atoms with Gasteiger partial charge in [0.25, 0.3) is 5.91 Å². The molecule has 0 spiro atoms. The number of nitrogens with zero attached hydrogens (tertiary/aromatic N) is 2. The van der Waals surface area contributed by atoms with Gasteiger partial charge in [0.05, 0.1) is 5.56 Å².